The number of hydrogen-bond acceptors (Lipinski definition) is 4. The maximum atomic E-state index is 10.2. The molecule has 0 spiro atoms. The molecule has 2 N–H and O–H groups in total. The standard InChI is InChI=1S/C13H22BrN3O2/c1-3-10-12(14)11(17(4-2)16-10)7-15-8-13(18)5-6-19-9-13/h15,18H,3-9H2,1-2H3. The Morgan fingerprint density at radius 1 is 1.53 bits per heavy atom. The van der Waals surface area contributed by atoms with Gasteiger partial charge >= 0.3 is 0 Å². The van der Waals surface area contributed by atoms with E-state index in [0.717, 1.165) is 28.8 Å². The van der Waals surface area contributed by atoms with E-state index in [1.54, 1.807) is 0 Å². The van der Waals surface area contributed by atoms with E-state index in [9.17, 15) is 5.11 Å². The summed E-state index contributed by atoms with van der Waals surface area (Å²) in [5, 5.41) is 18.1. The van der Waals surface area contributed by atoms with Crippen molar-refractivity contribution in [2.75, 3.05) is 19.8 Å². The Hall–Kier alpha value is -0.430. The van der Waals surface area contributed by atoms with E-state index >= 15 is 0 Å². The monoisotopic (exact) mass is 331 g/mol. The van der Waals surface area contributed by atoms with E-state index in [0.29, 0.717) is 32.7 Å². The highest BCUT2D eigenvalue weighted by Crippen LogP contribution is 2.23. The molecule has 6 heteroatoms. The number of aromatic nitrogens is 2. The molecule has 0 saturated carbocycles. The first-order valence-electron chi connectivity index (χ1n) is 6.84. The van der Waals surface area contributed by atoms with Crippen molar-refractivity contribution in [3.8, 4) is 0 Å². The van der Waals surface area contributed by atoms with Gasteiger partial charge in [-0.2, -0.15) is 5.10 Å². The van der Waals surface area contributed by atoms with Crippen molar-refractivity contribution < 1.29 is 9.84 Å². The molecule has 1 aliphatic heterocycles. The first kappa shape index (κ1) is 15.0. The van der Waals surface area contributed by atoms with E-state index in [1.165, 1.54) is 0 Å². The molecule has 108 valence electrons. The zero-order chi connectivity index (χ0) is 13.9. The number of aliphatic hydroxyl groups is 1. The van der Waals surface area contributed by atoms with Crippen LogP contribution in [0.15, 0.2) is 4.47 Å². The Kier molecular flexibility index (Phi) is 5.00. The van der Waals surface area contributed by atoms with Crippen molar-refractivity contribution in [2.24, 2.45) is 0 Å². The lowest BCUT2D eigenvalue weighted by Gasteiger charge is -2.20. The Bertz CT molecular complexity index is 428. The summed E-state index contributed by atoms with van der Waals surface area (Å²) in [5.74, 6) is 0. The predicted octanol–water partition coefficient (Wildman–Crippen LogP) is 1.47. The van der Waals surface area contributed by atoms with E-state index in [-0.39, 0.29) is 0 Å². The Balaban J connectivity index is 1.97. The summed E-state index contributed by atoms with van der Waals surface area (Å²) in [6, 6.07) is 0. The molecule has 2 heterocycles. The van der Waals surface area contributed by atoms with Crippen molar-refractivity contribution in [3.05, 3.63) is 15.9 Å². The molecule has 1 atom stereocenters. The maximum Gasteiger partial charge on any atom is 0.103 e. The fourth-order valence-corrected chi connectivity index (χ4v) is 3.04. The minimum absolute atomic E-state index is 0.425. The fourth-order valence-electron chi connectivity index (χ4n) is 2.34. The molecule has 0 aromatic carbocycles. The van der Waals surface area contributed by atoms with Crippen molar-refractivity contribution in [2.45, 2.75) is 45.4 Å². The number of nitrogens with zero attached hydrogens (tertiary/aromatic N) is 2. The second-order valence-electron chi connectivity index (χ2n) is 5.01. The molecule has 0 aliphatic carbocycles. The quantitative estimate of drug-likeness (QED) is 0.828. The van der Waals surface area contributed by atoms with Crippen molar-refractivity contribution in [3.63, 3.8) is 0 Å². The van der Waals surface area contributed by atoms with Gasteiger partial charge in [-0.25, -0.2) is 0 Å². The van der Waals surface area contributed by atoms with Gasteiger partial charge in [-0.3, -0.25) is 4.68 Å². The topological polar surface area (TPSA) is 59.3 Å². The molecule has 1 saturated heterocycles. The van der Waals surface area contributed by atoms with Gasteiger partial charge in [0.25, 0.3) is 0 Å². The molecule has 1 aromatic rings. The molecule has 19 heavy (non-hydrogen) atoms. The van der Waals surface area contributed by atoms with Crippen LogP contribution in [0.5, 0.6) is 0 Å². The normalized spacial score (nSPS) is 23.2. The SMILES string of the molecule is CCc1nn(CC)c(CNCC2(O)CCOC2)c1Br. The molecule has 1 aliphatic rings. The third-order valence-electron chi connectivity index (χ3n) is 3.52. The van der Waals surface area contributed by atoms with Crippen LogP contribution in [0.4, 0.5) is 0 Å². The van der Waals surface area contributed by atoms with Crippen LogP contribution in [0.1, 0.15) is 31.7 Å². The van der Waals surface area contributed by atoms with Crippen LogP contribution in [-0.4, -0.2) is 40.2 Å². The fraction of sp³-hybridized carbons (Fsp3) is 0.769. The van der Waals surface area contributed by atoms with Gasteiger partial charge in [0, 0.05) is 32.7 Å². The van der Waals surface area contributed by atoms with Gasteiger partial charge < -0.3 is 15.2 Å². The molecule has 1 aromatic heterocycles. The average molecular weight is 332 g/mol. The smallest absolute Gasteiger partial charge is 0.103 e. The number of halogens is 1. The van der Waals surface area contributed by atoms with E-state index in [1.807, 2.05) is 4.68 Å². The summed E-state index contributed by atoms with van der Waals surface area (Å²) in [6.07, 6.45) is 1.62. The van der Waals surface area contributed by atoms with Crippen LogP contribution < -0.4 is 5.32 Å². The largest absolute Gasteiger partial charge is 0.386 e. The second-order valence-corrected chi connectivity index (χ2v) is 5.80. The van der Waals surface area contributed by atoms with Crippen LogP contribution in [0.3, 0.4) is 0 Å². The summed E-state index contributed by atoms with van der Waals surface area (Å²) in [6.45, 7) is 7.36. The number of aryl methyl sites for hydroxylation is 2. The molecule has 5 nitrogen and oxygen atoms in total. The Labute approximate surface area is 122 Å². The second kappa shape index (κ2) is 6.35. The summed E-state index contributed by atoms with van der Waals surface area (Å²) in [7, 11) is 0. The van der Waals surface area contributed by atoms with Crippen LogP contribution in [0.2, 0.25) is 0 Å². The summed E-state index contributed by atoms with van der Waals surface area (Å²) >= 11 is 3.62. The molecular weight excluding hydrogens is 310 g/mol. The third kappa shape index (κ3) is 3.37. The van der Waals surface area contributed by atoms with E-state index in [4.69, 9.17) is 4.74 Å². The van der Waals surface area contributed by atoms with E-state index < -0.39 is 5.60 Å². The van der Waals surface area contributed by atoms with Gasteiger partial charge in [-0.05, 0) is 29.3 Å². The molecule has 0 amide bonds. The summed E-state index contributed by atoms with van der Waals surface area (Å²) < 4.78 is 8.32. The van der Waals surface area contributed by atoms with Crippen LogP contribution >= 0.6 is 15.9 Å². The van der Waals surface area contributed by atoms with Gasteiger partial charge in [0.15, 0.2) is 0 Å². The molecule has 1 unspecified atom stereocenters. The summed E-state index contributed by atoms with van der Waals surface area (Å²) in [5.41, 5.74) is 1.51. The molecular formula is C13H22BrN3O2. The zero-order valence-corrected chi connectivity index (χ0v) is 13.2. The Morgan fingerprint density at radius 3 is 2.89 bits per heavy atom. The van der Waals surface area contributed by atoms with Gasteiger partial charge in [0.05, 0.1) is 22.5 Å². The van der Waals surface area contributed by atoms with Gasteiger partial charge in [-0.15, -0.1) is 0 Å². The lowest BCUT2D eigenvalue weighted by molar-refractivity contribution is 0.0267. The zero-order valence-electron chi connectivity index (χ0n) is 11.6. The summed E-state index contributed by atoms with van der Waals surface area (Å²) in [4.78, 5) is 0. The highest BCUT2D eigenvalue weighted by molar-refractivity contribution is 9.10. The Morgan fingerprint density at radius 2 is 2.32 bits per heavy atom. The first-order chi connectivity index (χ1) is 9.09. The van der Waals surface area contributed by atoms with Gasteiger partial charge in [-0.1, -0.05) is 6.92 Å². The predicted molar refractivity (Wildman–Crippen MR) is 77.1 cm³/mol. The van der Waals surface area contributed by atoms with Crippen molar-refractivity contribution in [1.82, 2.24) is 15.1 Å². The molecule has 0 radical (unpaired) electrons. The molecule has 0 bridgehead atoms. The van der Waals surface area contributed by atoms with Crippen LogP contribution in [0, 0.1) is 0 Å². The number of ether oxygens (including phenoxy) is 1. The highest BCUT2D eigenvalue weighted by Gasteiger charge is 2.31. The van der Waals surface area contributed by atoms with Crippen LogP contribution in [-0.2, 0) is 24.2 Å². The molecule has 2 rings (SSSR count). The molecule has 1 fully saturated rings. The van der Waals surface area contributed by atoms with Gasteiger partial charge in [0.1, 0.15) is 5.60 Å². The lowest BCUT2D eigenvalue weighted by Crippen LogP contribution is -2.41. The minimum atomic E-state index is -0.711. The van der Waals surface area contributed by atoms with E-state index in [2.05, 4.69) is 40.2 Å². The average Bonchev–Trinajstić information content (AvgIpc) is 2.95. The van der Waals surface area contributed by atoms with Crippen molar-refractivity contribution in [1.29, 1.82) is 0 Å². The third-order valence-corrected chi connectivity index (χ3v) is 4.44. The van der Waals surface area contributed by atoms with Crippen LogP contribution in [0.25, 0.3) is 0 Å². The highest BCUT2D eigenvalue weighted by atomic mass is 79.9. The van der Waals surface area contributed by atoms with Gasteiger partial charge in [0.2, 0.25) is 0 Å². The lowest BCUT2D eigenvalue weighted by atomic mass is 10.0. The minimum Gasteiger partial charge on any atom is -0.386 e. The number of rotatable bonds is 6. The number of nitrogens with one attached hydrogen (secondary N) is 1. The number of hydrogen-bond donors (Lipinski definition) is 2. The maximum absolute atomic E-state index is 10.2. The van der Waals surface area contributed by atoms with Crippen molar-refractivity contribution >= 4 is 15.9 Å². The first-order valence-corrected chi connectivity index (χ1v) is 7.64.